The van der Waals surface area contributed by atoms with Crippen LogP contribution in [0.2, 0.25) is 0 Å². The van der Waals surface area contributed by atoms with E-state index in [4.69, 9.17) is 4.52 Å². The number of nitrogens with zero attached hydrogens (tertiary/aromatic N) is 3. The fraction of sp³-hybridized carbons (Fsp3) is 0.375. The van der Waals surface area contributed by atoms with E-state index in [1.54, 1.807) is 11.1 Å². The van der Waals surface area contributed by atoms with Crippen LogP contribution in [0.15, 0.2) is 28.9 Å². The van der Waals surface area contributed by atoms with E-state index < -0.39 is 11.6 Å². The van der Waals surface area contributed by atoms with Crippen LogP contribution in [-0.2, 0) is 6.54 Å². The Labute approximate surface area is 132 Å². The Morgan fingerprint density at radius 3 is 2.57 bits per heavy atom. The van der Waals surface area contributed by atoms with Crippen LogP contribution < -0.4 is 0 Å². The van der Waals surface area contributed by atoms with Gasteiger partial charge in [-0.25, -0.2) is 8.78 Å². The molecule has 1 aromatic heterocycles. The minimum Gasteiger partial charge on any atom is -0.361 e. The summed E-state index contributed by atoms with van der Waals surface area (Å²) in [7, 11) is 0. The van der Waals surface area contributed by atoms with Crippen molar-refractivity contribution in [2.45, 2.75) is 13.5 Å². The van der Waals surface area contributed by atoms with E-state index in [1.165, 1.54) is 6.07 Å². The summed E-state index contributed by atoms with van der Waals surface area (Å²) in [6, 6.07) is 3.24. The molecular formula is C16H17F2N3O2. The lowest BCUT2D eigenvalue weighted by Gasteiger charge is -2.34. The smallest absolute Gasteiger partial charge is 0.254 e. The molecular weight excluding hydrogens is 304 g/mol. The van der Waals surface area contributed by atoms with E-state index in [1.807, 2.05) is 6.92 Å². The molecule has 1 amide bonds. The van der Waals surface area contributed by atoms with Crippen LogP contribution in [0.4, 0.5) is 8.78 Å². The van der Waals surface area contributed by atoms with Gasteiger partial charge in [-0.1, -0.05) is 5.16 Å². The van der Waals surface area contributed by atoms with Gasteiger partial charge in [0.05, 0.1) is 6.20 Å². The van der Waals surface area contributed by atoms with Crippen LogP contribution in [0.3, 0.4) is 0 Å². The lowest BCUT2D eigenvalue weighted by Crippen LogP contribution is -2.48. The van der Waals surface area contributed by atoms with Crippen molar-refractivity contribution in [3.05, 3.63) is 52.9 Å². The SMILES string of the molecule is Cc1oncc1CN1CCN(C(=O)c2ccc(F)c(F)c2)CC1. The van der Waals surface area contributed by atoms with Crippen molar-refractivity contribution >= 4 is 5.91 Å². The maximum absolute atomic E-state index is 13.2. The van der Waals surface area contributed by atoms with Gasteiger partial charge in [0.2, 0.25) is 0 Å². The fourth-order valence-corrected chi connectivity index (χ4v) is 2.63. The number of halogens is 2. The summed E-state index contributed by atoms with van der Waals surface area (Å²) >= 11 is 0. The van der Waals surface area contributed by atoms with Crippen molar-refractivity contribution in [2.24, 2.45) is 0 Å². The summed E-state index contributed by atoms with van der Waals surface area (Å²) < 4.78 is 31.2. The Morgan fingerprint density at radius 2 is 1.96 bits per heavy atom. The Bertz CT molecular complexity index is 709. The summed E-state index contributed by atoms with van der Waals surface area (Å²) in [5, 5.41) is 3.75. The van der Waals surface area contributed by atoms with Gasteiger partial charge in [-0.05, 0) is 25.1 Å². The first-order chi connectivity index (χ1) is 11.0. The molecule has 0 unspecified atom stereocenters. The molecule has 0 saturated carbocycles. The van der Waals surface area contributed by atoms with Crippen LogP contribution in [0.5, 0.6) is 0 Å². The summed E-state index contributed by atoms with van der Waals surface area (Å²) in [5.41, 5.74) is 1.21. The summed E-state index contributed by atoms with van der Waals surface area (Å²) in [5.74, 6) is -1.43. The highest BCUT2D eigenvalue weighted by atomic mass is 19.2. The lowest BCUT2D eigenvalue weighted by molar-refractivity contribution is 0.0627. The normalized spacial score (nSPS) is 15.9. The molecule has 2 aromatic rings. The van der Waals surface area contributed by atoms with Crippen molar-refractivity contribution in [3.63, 3.8) is 0 Å². The van der Waals surface area contributed by atoms with Gasteiger partial charge in [0, 0.05) is 43.9 Å². The number of carbonyl (C=O) groups excluding carboxylic acids is 1. The zero-order valence-corrected chi connectivity index (χ0v) is 12.8. The van der Waals surface area contributed by atoms with Gasteiger partial charge in [0.1, 0.15) is 5.76 Å². The van der Waals surface area contributed by atoms with E-state index in [9.17, 15) is 13.6 Å². The Balaban J connectivity index is 1.59. The molecule has 0 N–H and O–H groups in total. The molecule has 0 atom stereocenters. The fourth-order valence-electron chi connectivity index (χ4n) is 2.63. The first-order valence-corrected chi connectivity index (χ1v) is 7.41. The number of carbonyl (C=O) groups is 1. The number of benzene rings is 1. The van der Waals surface area contributed by atoms with E-state index in [0.29, 0.717) is 26.2 Å². The molecule has 1 fully saturated rings. The molecule has 2 heterocycles. The predicted molar refractivity (Wildman–Crippen MR) is 78.8 cm³/mol. The number of hydrogen-bond donors (Lipinski definition) is 0. The highest BCUT2D eigenvalue weighted by Gasteiger charge is 2.23. The van der Waals surface area contributed by atoms with Gasteiger partial charge in [-0.2, -0.15) is 0 Å². The molecule has 7 heteroatoms. The minimum absolute atomic E-state index is 0.173. The maximum Gasteiger partial charge on any atom is 0.254 e. The van der Waals surface area contributed by atoms with Gasteiger partial charge < -0.3 is 9.42 Å². The molecule has 0 bridgehead atoms. The van der Waals surface area contributed by atoms with Gasteiger partial charge in [-0.15, -0.1) is 0 Å². The van der Waals surface area contributed by atoms with E-state index in [2.05, 4.69) is 10.1 Å². The minimum atomic E-state index is -1.00. The molecule has 1 aliphatic heterocycles. The lowest BCUT2D eigenvalue weighted by atomic mass is 10.1. The molecule has 1 saturated heterocycles. The van der Waals surface area contributed by atoms with Crippen LogP contribution in [0.25, 0.3) is 0 Å². The standard InChI is InChI=1S/C16H17F2N3O2/c1-11-13(9-19-23-11)10-20-4-6-21(7-5-20)16(22)12-2-3-14(17)15(18)8-12/h2-3,8-9H,4-7,10H2,1H3. The molecule has 122 valence electrons. The molecule has 23 heavy (non-hydrogen) atoms. The quantitative estimate of drug-likeness (QED) is 0.870. The average Bonchev–Trinajstić information content (AvgIpc) is 2.95. The Hall–Kier alpha value is -2.28. The number of aryl methyl sites for hydroxylation is 1. The van der Waals surface area contributed by atoms with Gasteiger partial charge in [0.15, 0.2) is 11.6 Å². The molecule has 3 rings (SSSR count). The number of rotatable bonds is 3. The van der Waals surface area contributed by atoms with Crippen molar-refractivity contribution in [1.82, 2.24) is 15.0 Å². The van der Waals surface area contributed by atoms with Crippen LogP contribution in [-0.4, -0.2) is 47.0 Å². The number of piperazine rings is 1. The van der Waals surface area contributed by atoms with E-state index >= 15 is 0 Å². The van der Waals surface area contributed by atoms with Crippen LogP contribution in [0.1, 0.15) is 21.7 Å². The Morgan fingerprint density at radius 1 is 1.22 bits per heavy atom. The molecule has 0 radical (unpaired) electrons. The molecule has 0 spiro atoms. The number of hydrogen-bond acceptors (Lipinski definition) is 4. The zero-order valence-electron chi connectivity index (χ0n) is 12.8. The van der Waals surface area contributed by atoms with Crippen molar-refractivity contribution in [1.29, 1.82) is 0 Å². The van der Waals surface area contributed by atoms with Crippen LogP contribution in [0, 0.1) is 18.6 Å². The third-order valence-corrected chi connectivity index (χ3v) is 4.07. The topological polar surface area (TPSA) is 49.6 Å². The second kappa shape index (κ2) is 6.45. The Kier molecular flexibility index (Phi) is 4.38. The van der Waals surface area contributed by atoms with Gasteiger partial charge in [0.25, 0.3) is 5.91 Å². The molecule has 1 aliphatic rings. The third-order valence-electron chi connectivity index (χ3n) is 4.07. The van der Waals surface area contributed by atoms with Crippen molar-refractivity contribution < 1.29 is 18.1 Å². The largest absolute Gasteiger partial charge is 0.361 e. The highest BCUT2D eigenvalue weighted by molar-refractivity contribution is 5.94. The van der Waals surface area contributed by atoms with Gasteiger partial charge >= 0.3 is 0 Å². The van der Waals surface area contributed by atoms with Crippen molar-refractivity contribution in [3.8, 4) is 0 Å². The van der Waals surface area contributed by atoms with Crippen LogP contribution >= 0.6 is 0 Å². The average molecular weight is 321 g/mol. The molecule has 5 nitrogen and oxygen atoms in total. The summed E-state index contributed by atoms with van der Waals surface area (Å²) in [6.07, 6.45) is 1.70. The second-order valence-electron chi connectivity index (χ2n) is 5.60. The monoisotopic (exact) mass is 321 g/mol. The highest BCUT2D eigenvalue weighted by Crippen LogP contribution is 2.15. The van der Waals surface area contributed by atoms with E-state index in [-0.39, 0.29) is 11.5 Å². The maximum atomic E-state index is 13.2. The molecule has 0 aliphatic carbocycles. The summed E-state index contributed by atoms with van der Waals surface area (Å²) in [6.45, 7) is 5.10. The first kappa shape index (κ1) is 15.6. The zero-order chi connectivity index (χ0) is 16.4. The van der Waals surface area contributed by atoms with Gasteiger partial charge in [-0.3, -0.25) is 9.69 Å². The third kappa shape index (κ3) is 3.39. The molecule has 1 aromatic carbocycles. The number of amides is 1. The van der Waals surface area contributed by atoms with E-state index in [0.717, 1.165) is 30.0 Å². The summed E-state index contributed by atoms with van der Waals surface area (Å²) in [4.78, 5) is 16.2. The van der Waals surface area contributed by atoms with Crippen molar-refractivity contribution in [2.75, 3.05) is 26.2 Å². The number of aromatic nitrogens is 1. The second-order valence-corrected chi connectivity index (χ2v) is 5.60. The first-order valence-electron chi connectivity index (χ1n) is 7.41. The predicted octanol–water partition coefficient (Wildman–Crippen LogP) is 2.22.